The molecule has 0 amide bonds. The number of esters is 1. The molecule has 0 unspecified atom stereocenters. The lowest BCUT2D eigenvalue weighted by Crippen LogP contribution is -2.39. The summed E-state index contributed by atoms with van der Waals surface area (Å²) >= 11 is 6.25. The number of thiazole rings is 1. The van der Waals surface area contributed by atoms with Gasteiger partial charge in [0.1, 0.15) is 18.4 Å². The van der Waals surface area contributed by atoms with Gasteiger partial charge >= 0.3 is 5.97 Å². The Kier molecular flexibility index (Phi) is 6.98. The molecule has 3 aromatic rings. The maximum Gasteiger partial charge on any atom is 0.338 e. The molecular weight excluding hydrogens is 524 g/mol. The van der Waals surface area contributed by atoms with E-state index in [4.69, 9.17) is 15.9 Å². The van der Waals surface area contributed by atoms with Crippen LogP contribution in [0.25, 0.3) is 6.08 Å². The molecule has 0 saturated heterocycles. The van der Waals surface area contributed by atoms with Crippen molar-refractivity contribution >= 4 is 50.6 Å². The average molecular weight is 543 g/mol. The Balaban J connectivity index is 1.84. The van der Waals surface area contributed by atoms with E-state index in [0.717, 1.165) is 14.9 Å². The molecule has 0 saturated carbocycles. The third-order valence-electron chi connectivity index (χ3n) is 4.89. The van der Waals surface area contributed by atoms with Gasteiger partial charge in [-0.15, -0.1) is 17.8 Å². The van der Waals surface area contributed by atoms with E-state index in [1.807, 2.05) is 29.6 Å². The Bertz CT molecular complexity index is 1460. The largest absolute Gasteiger partial charge is 0.480 e. The molecule has 9 heteroatoms. The lowest BCUT2D eigenvalue weighted by molar-refractivity contribution is -0.139. The van der Waals surface area contributed by atoms with Crippen LogP contribution >= 0.6 is 38.6 Å². The molecule has 0 bridgehead atoms. The number of thiophene rings is 1. The number of hydrogen-bond acceptors (Lipinski definition) is 7. The Labute approximate surface area is 206 Å². The average Bonchev–Trinajstić information content (AvgIpc) is 3.41. The number of allylic oxidation sites excluding steroid dienone is 1. The van der Waals surface area contributed by atoms with Gasteiger partial charge in [-0.3, -0.25) is 9.36 Å². The second-order valence-corrected chi connectivity index (χ2v) is 9.84. The van der Waals surface area contributed by atoms with E-state index in [1.165, 1.54) is 22.7 Å². The molecule has 1 aliphatic heterocycles. The van der Waals surface area contributed by atoms with Crippen molar-refractivity contribution in [2.75, 3.05) is 13.2 Å². The highest BCUT2D eigenvalue weighted by molar-refractivity contribution is 9.10. The highest BCUT2D eigenvalue weighted by Crippen LogP contribution is 2.33. The molecule has 1 aromatic carbocycles. The Morgan fingerprint density at radius 2 is 2.21 bits per heavy atom. The van der Waals surface area contributed by atoms with Crippen molar-refractivity contribution < 1.29 is 14.3 Å². The van der Waals surface area contributed by atoms with E-state index in [2.05, 4.69) is 26.8 Å². The van der Waals surface area contributed by atoms with Gasteiger partial charge in [-0.25, -0.2) is 9.79 Å². The molecule has 0 N–H and O–H groups in total. The molecule has 33 heavy (non-hydrogen) atoms. The number of benzene rings is 1. The van der Waals surface area contributed by atoms with Gasteiger partial charge in [0.05, 0.1) is 26.9 Å². The predicted octanol–water partition coefficient (Wildman–Crippen LogP) is 3.63. The van der Waals surface area contributed by atoms with Crippen LogP contribution in [0, 0.1) is 12.3 Å². The summed E-state index contributed by atoms with van der Waals surface area (Å²) < 4.78 is 13.6. The van der Waals surface area contributed by atoms with E-state index in [0.29, 0.717) is 26.4 Å². The minimum absolute atomic E-state index is 0.168. The molecule has 6 nitrogen and oxygen atoms in total. The highest BCUT2D eigenvalue weighted by atomic mass is 79.9. The Hall–Kier alpha value is -2.93. The fraction of sp³-hybridized carbons (Fsp3) is 0.208. The van der Waals surface area contributed by atoms with Crippen LogP contribution in [0.15, 0.2) is 61.2 Å². The van der Waals surface area contributed by atoms with Crippen molar-refractivity contribution in [2.45, 2.75) is 19.9 Å². The van der Waals surface area contributed by atoms with Crippen molar-refractivity contribution in [2.24, 2.45) is 4.99 Å². The smallest absolute Gasteiger partial charge is 0.338 e. The number of fused-ring (bicyclic) bond motifs is 1. The summed E-state index contributed by atoms with van der Waals surface area (Å²) in [6.45, 7) is 3.94. The van der Waals surface area contributed by atoms with Gasteiger partial charge in [-0.2, -0.15) is 0 Å². The van der Waals surface area contributed by atoms with Crippen LogP contribution in [-0.2, 0) is 9.53 Å². The molecule has 0 radical (unpaired) electrons. The van der Waals surface area contributed by atoms with Crippen LogP contribution in [0.4, 0.5) is 0 Å². The quantitative estimate of drug-likeness (QED) is 0.352. The van der Waals surface area contributed by atoms with Crippen molar-refractivity contribution in [1.82, 2.24) is 4.57 Å². The van der Waals surface area contributed by atoms with Gasteiger partial charge in [0, 0.05) is 4.88 Å². The molecule has 0 aliphatic carbocycles. The van der Waals surface area contributed by atoms with Crippen molar-refractivity contribution in [3.05, 3.63) is 81.6 Å². The molecule has 1 aliphatic rings. The first-order valence-corrected chi connectivity index (χ1v) is 12.5. The zero-order chi connectivity index (χ0) is 23.5. The molecule has 4 rings (SSSR count). The molecule has 3 heterocycles. The van der Waals surface area contributed by atoms with Crippen LogP contribution < -0.4 is 19.6 Å². The van der Waals surface area contributed by atoms with E-state index in [-0.39, 0.29) is 18.8 Å². The minimum atomic E-state index is -0.575. The molecule has 1 atom stereocenters. The first kappa shape index (κ1) is 23.2. The number of hydrogen-bond donors (Lipinski definition) is 0. The number of nitrogens with zero attached hydrogens (tertiary/aromatic N) is 2. The monoisotopic (exact) mass is 542 g/mol. The fourth-order valence-corrected chi connectivity index (χ4v) is 5.88. The number of rotatable bonds is 6. The van der Waals surface area contributed by atoms with E-state index in [1.54, 1.807) is 30.6 Å². The summed E-state index contributed by atoms with van der Waals surface area (Å²) in [6, 6.07) is 8.73. The minimum Gasteiger partial charge on any atom is -0.480 e. The van der Waals surface area contributed by atoms with Crippen LogP contribution in [0.1, 0.15) is 30.3 Å². The highest BCUT2D eigenvalue weighted by Gasteiger charge is 2.33. The third kappa shape index (κ3) is 4.60. The van der Waals surface area contributed by atoms with Gasteiger partial charge in [0.25, 0.3) is 5.56 Å². The lowest BCUT2D eigenvalue weighted by atomic mass is 10.0. The zero-order valence-electron chi connectivity index (χ0n) is 17.8. The first-order chi connectivity index (χ1) is 15.9. The molecular formula is C24H19BrN2O4S2. The Morgan fingerprint density at radius 3 is 2.88 bits per heavy atom. The number of halogens is 1. The van der Waals surface area contributed by atoms with E-state index < -0.39 is 12.0 Å². The summed E-state index contributed by atoms with van der Waals surface area (Å²) in [5.74, 6) is 2.60. The fourth-order valence-electron chi connectivity index (χ4n) is 3.50. The summed E-state index contributed by atoms with van der Waals surface area (Å²) in [5.41, 5.74) is 1.54. The zero-order valence-corrected chi connectivity index (χ0v) is 21.1. The van der Waals surface area contributed by atoms with Crippen molar-refractivity contribution in [3.8, 4) is 18.1 Å². The predicted molar refractivity (Wildman–Crippen MR) is 133 cm³/mol. The Morgan fingerprint density at radius 1 is 1.39 bits per heavy atom. The van der Waals surface area contributed by atoms with E-state index >= 15 is 0 Å². The number of carbonyl (C=O) groups is 1. The van der Waals surface area contributed by atoms with Gasteiger partial charge in [-0.05, 0) is 65.0 Å². The summed E-state index contributed by atoms with van der Waals surface area (Å²) in [7, 11) is 0. The summed E-state index contributed by atoms with van der Waals surface area (Å²) in [4.78, 5) is 32.3. The number of ether oxygens (including phenoxy) is 2. The first-order valence-electron chi connectivity index (χ1n) is 10.0. The summed E-state index contributed by atoms with van der Waals surface area (Å²) in [6.07, 6.45) is 7.05. The normalized spacial score (nSPS) is 15.6. The van der Waals surface area contributed by atoms with Gasteiger partial charge < -0.3 is 9.47 Å². The number of aromatic nitrogens is 1. The molecule has 0 spiro atoms. The standard InChI is InChI=1S/C24H19BrN2O4S2/c1-4-10-31-17-9-8-15(12-16(17)25)13-19-22(28)27-21(18-7-6-11-32-18)20(23(29)30-5-2)14(3)26-24(27)33-19/h1,6-9,11-13,21H,5,10H2,2-3H3/b19-13-/t21-/m0/s1. The molecule has 0 fully saturated rings. The van der Waals surface area contributed by atoms with Gasteiger partial charge in [0.2, 0.25) is 0 Å². The second-order valence-electron chi connectivity index (χ2n) is 7.00. The van der Waals surface area contributed by atoms with Gasteiger partial charge in [0.15, 0.2) is 4.80 Å². The van der Waals surface area contributed by atoms with Crippen molar-refractivity contribution in [3.63, 3.8) is 0 Å². The molecule has 168 valence electrons. The number of terminal acetylenes is 1. The maximum atomic E-state index is 13.5. The van der Waals surface area contributed by atoms with Crippen molar-refractivity contribution in [1.29, 1.82) is 0 Å². The topological polar surface area (TPSA) is 69.9 Å². The summed E-state index contributed by atoms with van der Waals surface area (Å²) in [5, 5.41) is 1.92. The SMILES string of the molecule is C#CCOc1ccc(/C=c2\sc3n(c2=O)[C@@H](c2cccs2)C(C(=O)OCC)=C(C)N=3)cc1Br. The molecule has 2 aromatic heterocycles. The third-order valence-corrected chi connectivity index (χ3v) is 7.42. The second kappa shape index (κ2) is 9.91. The number of carbonyl (C=O) groups excluding carboxylic acids is 1. The van der Waals surface area contributed by atoms with Crippen LogP contribution in [0.5, 0.6) is 5.75 Å². The van der Waals surface area contributed by atoms with Crippen LogP contribution in [0.3, 0.4) is 0 Å². The maximum absolute atomic E-state index is 13.5. The lowest BCUT2D eigenvalue weighted by Gasteiger charge is -2.23. The van der Waals surface area contributed by atoms with E-state index in [9.17, 15) is 9.59 Å². The van der Waals surface area contributed by atoms with Crippen LogP contribution in [0.2, 0.25) is 0 Å². The van der Waals surface area contributed by atoms with Gasteiger partial charge in [-0.1, -0.05) is 29.4 Å². The van der Waals surface area contributed by atoms with Crippen LogP contribution in [-0.4, -0.2) is 23.8 Å².